The quantitative estimate of drug-likeness (QED) is 0.486. The van der Waals surface area contributed by atoms with Gasteiger partial charge in [-0.25, -0.2) is 9.36 Å². The molecule has 4 aromatic rings. The second kappa shape index (κ2) is 9.09. The summed E-state index contributed by atoms with van der Waals surface area (Å²) in [5.41, 5.74) is 2.64. The first-order valence-electron chi connectivity index (χ1n) is 9.76. The van der Waals surface area contributed by atoms with Crippen molar-refractivity contribution in [2.24, 2.45) is 0 Å². The zero-order valence-corrected chi connectivity index (χ0v) is 17.1. The van der Waals surface area contributed by atoms with E-state index in [1.54, 1.807) is 54.7 Å². The monoisotopic (exact) mass is 429 g/mol. The smallest absolute Gasteiger partial charge is 0.324 e. The van der Waals surface area contributed by atoms with E-state index in [0.717, 1.165) is 10.1 Å². The molecule has 2 N–H and O–H groups in total. The zero-order valence-electron chi connectivity index (χ0n) is 17.1. The Bertz CT molecular complexity index is 1330. The Morgan fingerprint density at radius 3 is 2.59 bits per heavy atom. The Kier molecular flexibility index (Phi) is 5.89. The number of amides is 2. The summed E-state index contributed by atoms with van der Waals surface area (Å²) in [6, 6.07) is 19.1. The molecular formula is C23H19N5O4. The minimum Gasteiger partial charge on any atom is -0.324 e. The van der Waals surface area contributed by atoms with Crippen molar-refractivity contribution >= 4 is 23.2 Å². The molecule has 2 aromatic heterocycles. The molecule has 2 amide bonds. The van der Waals surface area contributed by atoms with E-state index < -0.39 is 11.7 Å². The summed E-state index contributed by atoms with van der Waals surface area (Å²) < 4.78 is 5.79. The van der Waals surface area contributed by atoms with E-state index in [1.165, 1.54) is 0 Å². The zero-order chi connectivity index (χ0) is 22.5. The lowest BCUT2D eigenvalue weighted by Crippen LogP contribution is -2.26. The van der Waals surface area contributed by atoms with Gasteiger partial charge in [0.1, 0.15) is 12.2 Å². The van der Waals surface area contributed by atoms with Crippen molar-refractivity contribution < 1.29 is 14.1 Å². The Labute approximate surface area is 182 Å². The normalized spacial score (nSPS) is 10.5. The number of pyridine rings is 1. The summed E-state index contributed by atoms with van der Waals surface area (Å²) in [5.74, 6) is -1.55. The molecule has 0 bridgehead atoms. The van der Waals surface area contributed by atoms with Gasteiger partial charge in [0, 0.05) is 11.9 Å². The van der Waals surface area contributed by atoms with Crippen molar-refractivity contribution in [3.05, 3.63) is 94.6 Å². The van der Waals surface area contributed by atoms with Crippen LogP contribution in [0.25, 0.3) is 11.5 Å². The van der Waals surface area contributed by atoms with Crippen LogP contribution in [0.2, 0.25) is 0 Å². The van der Waals surface area contributed by atoms with E-state index in [2.05, 4.69) is 20.8 Å². The van der Waals surface area contributed by atoms with Crippen LogP contribution in [0, 0.1) is 6.92 Å². The Morgan fingerprint density at radius 1 is 1.00 bits per heavy atom. The Hall–Kier alpha value is -4.53. The molecule has 4 rings (SSSR count). The summed E-state index contributed by atoms with van der Waals surface area (Å²) in [6.07, 6.45) is 1.54. The summed E-state index contributed by atoms with van der Waals surface area (Å²) in [4.78, 5) is 41.7. The van der Waals surface area contributed by atoms with Crippen LogP contribution in [0.15, 0.2) is 82.2 Å². The van der Waals surface area contributed by atoms with E-state index in [9.17, 15) is 14.4 Å². The van der Waals surface area contributed by atoms with Gasteiger partial charge in [-0.05, 0) is 48.9 Å². The summed E-state index contributed by atoms with van der Waals surface area (Å²) in [6.45, 7) is 1.57. The van der Waals surface area contributed by atoms with Crippen LogP contribution in [-0.4, -0.2) is 26.5 Å². The third-order valence-electron chi connectivity index (χ3n) is 4.60. The largest absolute Gasteiger partial charge is 0.442 e. The first-order chi connectivity index (χ1) is 15.5. The minimum absolute atomic E-state index is 0.135. The van der Waals surface area contributed by atoms with Crippen molar-refractivity contribution in [3.63, 3.8) is 0 Å². The predicted octanol–water partition coefficient (Wildman–Crippen LogP) is 3.10. The standard InChI is InChI=1S/C23H19N5O4/c1-15-7-6-8-16(13-15)25-22(30)17-9-2-3-10-18(17)26-20(29)14-28-21(27-32-23(28)31)19-11-4-5-12-24-19/h2-13H,14H2,1H3,(H,25,30)(H,26,29). The SMILES string of the molecule is Cc1cccc(NC(=O)c2ccccc2NC(=O)Cn2c(-c3ccccn3)noc2=O)c1. The van der Waals surface area contributed by atoms with Crippen molar-refractivity contribution in [3.8, 4) is 11.5 Å². The minimum atomic E-state index is -0.786. The van der Waals surface area contributed by atoms with E-state index in [1.807, 2.05) is 25.1 Å². The lowest BCUT2D eigenvalue weighted by atomic mass is 10.1. The molecule has 0 saturated carbocycles. The van der Waals surface area contributed by atoms with Crippen LogP contribution in [0.5, 0.6) is 0 Å². The van der Waals surface area contributed by atoms with Crippen LogP contribution >= 0.6 is 0 Å². The van der Waals surface area contributed by atoms with Crippen LogP contribution in [0.1, 0.15) is 15.9 Å². The molecule has 2 aromatic carbocycles. The molecule has 0 radical (unpaired) electrons. The number of hydrogen-bond donors (Lipinski definition) is 2. The molecule has 0 aliphatic carbocycles. The van der Waals surface area contributed by atoms with Crippen molar-refractivity contribution in [1.29, 1.82) is 0 Å². The number of nitrogens with one attached hydrogen (secondary N) is 2. The highest BCUT2D eigenvalue weighted by molar-refractivity contribution is 6.10. The highest BCUT2D eigenvalue weighted by Gasteiger charge is 2.18. The second-order valence-electron chi connectivity index (χ2n) is 6.99. The number of aromatic nitrogens is 3. The Morgan fingerprint density at radius 2 is 1.81 bits per heavy atom. The molecule has 0 aliphatic heterocycles. The van der Waals surface area contributed by atoms with Gasteiger partial charge >= 0.3 is 5.76 Å². The number of carbonyl (C=O) groups is 2. The fourth-order valence-electron chi connectivity index (χ4n) is 3.13. The lowest BCUT2D eigenvalue weighted by molar-refractivity contribution is -0.116. The topological polar surface area (TPSA) is 119 Å². The van der Waals surface area contributed by atoms with Crippen molar-refractivity contribution in [2.75, 3.05) is 10.6 Å². The number of rotatable bonds is 6. The van der Waals surface area contributed by atoms with Gasteiger partial charge in [-0.15, -0.1) is 0 Å². The number of para-hydroxylation sites is 1. The molecule has 160 valence electrons. The first kappa shape index (κ1) is 20.7. The van der Waals surface area contributed by atoms with Gasteiger partial charge in [0.2, 0.25) is 11.7 Å². The van der Waals surface area contributed by atoms with E-state index in [0.29, 0.717) is 17.1 Å². The number of hydrogen-bond acceptors (Lipinski definition) is 6. The van der Waals surface area contributed by atoms with Gasteiger partial charge in [0.15, 0.2) is 0 Å². The molecule has 0 spiro atoms. The third kappa shape index (κ3) is 4.62. The van der Waals surface area contributed by atoms with E-state index in [4.69, 9.17) is 4.52 Å². The molecule has 9 heteroatoms. The molecule has 0 atom stereocenters. The van der Waals surface area contributed by atoms with Crippen LogP contribution in [0.3, 0.4) is 0 Å². The van der Waals surface area contributed by atoms with E-state index >= 15 is 0 Å². The van der Waals surface area contributed by atoms with Crippen LogP contribution in [0.4, 0.5) is 11.4 Å². The maximum Gasteiger partial charge on any atom is 0.442 e. The molecular weight excluding hydrogens is 410 g/mol. The number of carbonyl (C=O) groups excluding carboxylic acids is 2. The Balaban J connectivity index is 1.52. The van der Waals surface area contributed by atoms with Crippen molar-refractivity contribution in [2.45, 2.75) is 13.5 Å². The number of nitrogens with zero attached hydrogens (tertiary/aromatic N) is 3. The first-order valence-corrected chi connectivity index (χ1v) is 9.76. The maximum absolute atomic E-state index is 12.8. The molecule has 32 heavy (non-hydrogen) atoms. The van der Waals surface area contributed by atoms with Crippen molar-refractivity contribution in [1.82, 2.24) is 14.7 Å². The summed E-state index contributed by atoms with van der Waals surface area (Å²) in [7, 11) is 0. The molecule has 0 aliphatic rings. The van der Waals surface area contributed by atoms with Gasteiger partial charge in [-0.1, -0.05) is 35.5 Å². The fraction of sp³-hybridized carbons (Fsp3) is 0.0870. The number of aryl methyl sites for hydroxylation is 1. The van der Waals surface area contributed by atoms with Gasteiger partial charge in [-0.3, -0.25) is 19.1 Å². The summed E-state index contributed by atoms with van der Waals surface area (Å²) in [5, 5.41) is 9.22. The number of anilines is 2. The average Bonchev–Trinajstić information content (AvgIpc) is 3.14. The summed E-state index contributed by atoms with van der Waals surface area (Å²) >= 11 is 0. The molecule has 0 fully saturated rings. The third-order valence-corrected chi connectivity index (χ3v) is 4.60. The number of benzene rings is 2. The highest BCUT2D eigenvalue weighted by Crippen LogP contribution is 2.19. The average molecular weight is 429 g/mol. The highest BCUT2D eigenvalue weighted by atomic mass is 16.5. The predicted molar refractivity (Wildman–Crippen MR) is 118 cm³/mol. The fourth-order valence-corrected chi connectivity index (χ4v) is 3.13. The van der Waals surface area contributed by atoms with Gasteiger partial charge in [0.05, 0.1) is 11.3 Å². The molecule has 0 unspecified atom stereocenters. The van der Waals surface area contributed by atoms with Gasteiger partial charge in [-0.2, -0.15) is 0 Å². The van der Waals surface area contributed by atoms with Gasteiger partial charge in [0.25, 0.3) is 5.91 Å². The van der Waals surface area contributed by atoms with Gasteiger partial charge < -0.3 is 10.6 Å². The lowest BCUT2D eigenvalue weighted by Gasteiger charge is -2.12. The maximum atomic E-state index is 12.8. The molecule has 0 saturated heterocycles. The second-order valence-corrected chi connectivity index (χ2v) is 6.99. The molecule has 9 nitrogen and oxygen atoms in total. The van der Waals surface area contributed by atoms with Crippen LogP contribution in [-0.2, 0) is 11.3 Å². The molecule has 2 heterocycles. The van der Waals surface area contributed by atoms with E-state index in [-0.39, 0.29) is 23.8 Å². The van der Waals surface area contributed by atoms with Crippen LogP contribution < -0.4 is 16.4 Å².